The molecule has 2 unspecified atom stereocenters. The molecule has 1 aromatic rings. The Morgan fingerprint density at radius 2 is 2.15 bits per heavy atom. The van der Waals surface area contributed by atoms with E-state index in [0.29, 0.717) is 12.1 Å². The second-order valence-corrected chi connectivity index (χ2v) is 6.35. The Morgan fingerprint density at radius 1 is 1.35 bits per heavy atom. The Balaban J connectivity index is 1.81. The molecule has 1 aromatic carbocycles. The van der Waals surface area contributed by atoms with Crippen LogP contribution in [0, 0.1) is 0 Å². The van der Waals surface area contributed by atoms with Crippen molar-refractivity contribution in [3.05, 3.63) is 28.8 Å². The van der Waals surface area contributed by atoms with Crippen LogP contribution in [0.3, 0.4) is 0 Å². The number of para-hydroxylation sites is 1. The van der Waals surface area contributed by atoms with Crippen LogP contribution >= 0.6 is 11.6 Å². The maximum Gasteiger partial charge on any atom is 0.0750 e. The van der Waals surface area contributed by atoms with Gasteiger partial charge in [-0.3, -0.25) is 0 Å². The van der Waals surface area contributed by atoms with E-state index in [9.17, 15) is 0 Å². The molecule has 1 saturated carbocycles. The lowest BCUT2D eigenvalue weighted by atomic mass is 10.1. The van der Waals surface area contributed by atoms with Gasteiger partial charge < -0.3 is 15.0 Å². The van der Waals surface area contributed by atoms with E-state index in [1.807, 2.05) is 12.1 Å². The van der Waals surface area contributed by atoms with E-state index in [2.05, 4.69) is 30.3 Å². The number of likely N-dealkylation sites (N-methyl/N-ethyl adjacent to an activating group) is 1. The highest BCUT2D eigenvalue weighted by Crippen LogP contribution is 2.34. The first-order valence-corrected chi connectivity index (χ1v) is 7.90. The molecule has 2 aliphatic rings. The number of hydrogen-bond donors (Lipinski definition) is 1. The third kappa shape index (κ3) is 2.95. The fourth-order valence-corrected chi connectivity index (χ4v) is 3.36. The molecule has 3 nitrogen and oxygen atoms in total. The van der Waals surface area contributed by atoms with E-state index in [1.165, 1.54) is 18.4 Å². The van der Waals surface area contributed by atoms with Crippen LogP contribution in [0.15, 0.2) is 18.2 Å². The number of nitrogens with one attached hydrogen (secondary N) is 1. The predicted molar refractivity (Wildman–Crippen MR) is 83.5 cm³/mol. The minimum Gasteiger partial charge on any atom is -0.376 e. The van der Waals surface area contributed by atoms with Gasteiger partial charge in [-0.15, -0.1) is 0 Å². The van der Waals surface area contributed by atoms with Crippen molar-refractivity contribution < 1.29 is 4.74 Å². The molecular weight excluding hydrogens is 272 g/mol. The van der Waals surface area contributed by atoms with Gasteiger partial charge in [-0.05, 0) is 37.8 Å². The van der Waals surface area contributed by atoms with E-state index < -0.39 is 0 Å². The molecule has 2 atom stereocenters. The number of benzene rings is 1. The van der Waals surface area contributed by atoms with Gasteiger partial charge in [0, 0.05) is 26.2 Å². The van der Waals surface area contributed by atoms with Gasteiger partial charge in [0.15, 0.2) is 0 Å². The Hall–Kier alpha value is -0.770. The van der Waals surface area contributed by atoms with Crippen LogP contribution in [0.25, 0.3) is 0 Å². The summed E-state index contributed by atoms with van der Waals surface area (Å²) in [5.74, 6) is 0. The number of hydrogen-bond acceptors (Lipinski definition) is 3. The lowest BCUT2D eigenvalue weighted by Crippen LogP contribution is -2.37. The Morgan fingerprint density at radius 3 is 2.80 bits per heavy atom. The maximum absolute atomic E-state index is 6.47. The fraction of sp³-hybridized carbons (Fsp3) is 0.625. The average molecular weight is 295 g/mol. The molecule has 0 amide bonds. The van der Waals surface area contributed by atoms with Crippen LogP contribution < -0.4 is 10.2 Å². The minimum atomic E-state index is 0.264. The molecule has 1 saturated heterocycles. The van der Waals surface area contributed by atoms with Gasteiger partial charge in [-0.25, -0.2) is 0 Å². The smallest absolute Gasteiger partial charge is 0.0750 e. The van der Waals surface area contributed by atoms with Crippen molar-refractivity contribution in [1.29, 1.82) is 0 Å². The number of rotatable bonds is 5. The van der Waals surface area contributed by atoms with Gasteiger partial charge in [0.2, 0.25) is 0 Å². The molecule has 20 heavy (non-hydrogen) atoms. The number of ether oxygens (including phenoxy) is 1. The quantitative estimate of drug-likeness (QED) is 0.902. The summed E-state index contributed by atoms with van der Waals surface area (Å²) in [5, 5.41) is 4.42. The van der Waals surface area contributed by atoms with Crippen LogP contribution in [0.1, 0.15) is 31.7 Å². The van der Waals surface area contributed by atoms with Crippen molar-refractivity contribution in [1.82, 2.24) is 5.32 Å². The molecular formula is C16H23ClN2O. The third-order valence-corrected chi connectivity index (χ3v) is 4.72. The van der Waals surface area contributed by atoms with Gasteiger partial charge in [0.05, 0.1) is 22.9 Å². The summed E-state index contributed by atoms with van der Waals surface area (Å²) in [6.07, 6.45) is 3.94. The van der Waals surface area contributed by atoms with Crippen molar-refractivity contribution in [2.45, 2.75) is 50.9 Å². The summed E-state index contributed by atoms with van der Waals surface area (Å²) in [6, 6.07) is 7.32. The van der Waals surface area contributed by atoms with Crippen molar-refractivity contribution >= 4 is 17.3 Å². The Labute approximate surface area is 126 Å². The zero-order valence-corrected chi connectivity index (χ0v) is 13.0. The molecule has 2 fully saturated rings. The lowest BCUT2D eigenvalue weighted by Gasteiger charge is -2.31. The summed E-state index contributed by atoms with van der Waals surface area (Å²) in [4.78, 5) is 2.31. The maximum atomic E-state index is 6.47. The van der Waals surface area contributed by atoms with Crippen LogP contribution in [-0.2, 0) is 11.3 Å². The molecule has 1 aliphatic heterocycles. The van der Waals surface area contributed by atoms with Crippen molar-refractivity contribution in [2.75, 3.05) is 18.6 Å². The van der Waals surface area contributed by atoms with Crippen LogP contribution in [0.2, 0.25) is 5.02 Å². The molecule has 0 radical (unpaired) electrons. The SMILES string of the molecule is CC1OCCC1N(C)c1c(Cl)cccc1CNC1CC1. The molecule has 1 heterocycles. The van der Waals surface area contributed by atoms with Gasteiger partial charge >= 0.3 is 0 Å². The minimum absolute atomic E-state index is 0.264. The normalized spacial score (nSPS) is 25.9. The lowest BCUT2D eigenvalue weighted by molar-refractivity contribution is 0.118. The molecule has 1 aliphatic carbocycles. The first-order chi connectivity index (χ1) is 9.66. The summed E-state index contributed by atoms with van der Waals surface area (Å²) in [7, 11) is 2.14. The van der Waals surface area contributed by atoms with E-state index in [0.717, 1.165) is 30.3 Å². The molecule has 110 valence electrons. The summed E-state index contributed by atoms with van der Waals surface area (Å²) in [6.45, 7) is 3.89. The standard InChI is InChI=1S/C16H23ClN2O/c1-11-15(8-9-20-11)19(2)16-12(4-3-5-14(16)17)10-18-13-6-7-13/h3-5,11,13,15,18H,6-10H2,1-2H3. The Bertz CT molecular complexity index is 476. The topological polar surface area (TPSA) is 24.5 Å². The third-order valence-electron chi connectivity index (χ3n) is 4.42. The predicted octanol–water partition coefficient (Wildman–Crippen LogP) is 3.21. The summed E-state index contributed by atoms with van der Waals surface area (Å²) < 4.78 is 5.70. The van der Waals surface area contributed by atoms with Gasteiger partial charge in [-0.2, -0.15) is 0 Å². The van der Waals surface area contributed by atoms with E-state index in [-0.39, 0.29) is 6.10 Å². The second kappa shape index (κ2) is 5.92. The summed E-state index contributed by atoms with van der Waals surface area (Å²) >= 11 is 6.47. The van der Waals surface area contributed by atoms with Crippen molar-refractivity contribution in [3.8, 4) is 0 Å². The van der Waals surface area contributed by atoms with Gasteiger partial charge in [0.25, 0.3) is 0 Å². The zero-order valence-electron chi connectivity index (χ0n) is 12.2. The Kier molecular flexibility index (Phi) is 4.20. The highest BCUT2D eigenvalue weighted by Gasteiger charge is 2.30. The molecule has 1 N–H and O–H groups in total. The van der Waals surface area contributed by atoms with Gasteiger partial charge in [0.1, 0.15) is 0 Å². The van der Waals surface area contributed by atoms with Crippen molar-refractivity contribution in [3.63, 3.8) is 0 Å². The number of halogens is 1. The van der Waals surface area contributed by atoms with Crippen LogP contribution in [0.4, 0.5) is 5.69 Å². The highest BCUT2D eigenvalue weighted by atomic mass is 35.5. The zero-order chi connectivity index (χ0) is 14.1. The number of anilines is 1. The molecule has 0 spiro atoms. The van der Waals surface area contributed by atoms with E-state index >= 15 is 0 Å². The summed E-state index contributed by atoms with van der Waals surface area (Å²) in [5.41, 5.74) is 2.44. The molecule has 3 rings (SSSR count). The highest BCUT2D eigenvalue weighted by molar-refractivity contribution is 6.33. The molecule has 0 aromatic heterocycles. The largest absolute Gasteiger partial charge is 0.376 e. The average Bonchev–Trinajstić information content (AvgIpc) is 3.16. The first-order valence-electron chi connectivity index (χ1n) is 7.52. The van der Waals surface area contributed by atoms with E-state index in [1.54, 1.807) is 0 Å². The van der Waals surface area contributed by atoms with Crippen LogP contribution in [-0.4, -0.2) is 31.8 Å². The van der Waals surface area contributed by atoms with E-state index in [4.69, 9.17) is 16.3 Å². The van der Waals surface area contributed by atoms with Gasteiger partial charge in [-0.1, -0.05) is 23.7 Å². The monoisotopic (exact) mass is 294 g/mol. The second-order valence-electron chi connectivity index (χ2n) is 5.95. The van der Waals surface area contributed by atoms with Crippen molar-refractivity contribution in [2.24, 2.45) is 0 Å². The van der Waals surface area contributed by atoms with Crippen LogP contribution in [0.5, 0.6) is 0 Å². The first kappa shape index (κ1) is 14.2. The molecule has 4 heteroatoms. The number of nitrogens with zero attached hydrogens (tertiary/aromatic N) is 1. The fourth-order valence-electron chi connectivity index (χ4n) is 3.03. The molecule has 0 bridgehead atoms.